The Morgan fingerprint density at radius 2 is 2.11 bits per heavy atom. The van der Waals surface area contributed by atoms with E-state index >= 15 is 0 Å². The van der Waals surface area contributed by atoms with Gasteiger partial charge < -0.3 is 5.10 Å². The van der Waals surface area contributed by atoms with Crippen LogP contribution in [0, 0.1) is 0 Å². The van der Waals surface area contributed by atoms with Gasteiger partial charge in [0.05, 0.1) is 4.90 Å². The van der Waals surface area contributed by atoms with E-state index in [1.165, 1.54) is 6.20 Å². The van der Waals surface area contributed by atoms with Crippen molar-refractivity contribution >= 4 is 12.6 Å². The van der Waals surface area contributed by atoms with Crippen molar-refractivity contribution in [2.24, 2.45) is 0 Å². The summed E-state index contributed by atoms with van der Waals surface area (Å²) in [6.07, 6.45) is 1.31. The average molecular weight is 144 g/mol. The van der Waals surface area contributed by atoms with Gasteiger partial charge in [0.1, 0.15) is 0 Å². The molecule has 48 valence electrons. The zero-order valence-electron chi connectivity index (χ0n) is 4.34. The SMILES string of the molecule is O=c1[nH][nH]cc(S)c1=O. The van der Waals surface area contributed by atoms with Crippen molar-refractivity contribution in [2.45, 2.75) is 4.90 Å². The number of H-pyrrole nitrogens is 2. The van der Waals surface area contributed by atoms with Crippen LogP contribution in [0.2, 0.25) is 0 Å². The highest BCUT2D eigenvalue weighted by Gasteiger charge is 1.94. The Kier molecular flexibility index (Phi) is 1.44. The normalized spacial score (nSPS) is 9.44. The van der Waals surface area contributed by atoms with Gasteiger partial charge in [-0.1, -0.05) is 0 Å². The highest BCUT2D eigenvalue weighted by molar-refractivity contribution is 7.80. The molecule has 0 atom stereocenters. The monoisotopic (exact) mass is 144 g/mol. The maximum Gasteiger partial charge on any atom is 0.311 e. The molecule has 1 heterocycles. The van der Waals surface area contributed by atoms with Gasteiger partial charge in [-0.15, -0.1) is 12.6 Å². The number of thiol groups is 1. The number of hydrogen-bond donors (Lipinski definition) is 3. The first-order valence-corrected chi connectivity index (χ1v) is 2.66. The van der Waals surface area contributed by atoms with Gasteiger partial charge in [0, 0.05) is 6.20 Å². The molecule has 0 bridgehead atoms. The minimum Gasteiger partial charge on any atom is -0.304 e. The standard InChI is InChI=1S/C4H4N2O2S/c7-3-2(9)1-5-6-4(3)8/h1H,(H,5,7)(H2,6,8,9). The predicted octanol–water partition coefficient (Wildman–Crippen LogP) is -0.648. The number of aromatic amines is 2. The van der Waals surface area contributed by atoms with Crippen LogP contribution in [0.15, 0.2) is 20.7 Å². The van der Waals surface area contributed by atoms with Gasteiger partial charge in [-0.2, -0.15) is 0 Å². The Morgan fingerprint density at radius 1 is 1.44 bits per heavy atom. The van der Waals surface area contributed by atoms with Gasteiger partial charge in [-0.25, -0.2) is 0 Å². The maximum atomic E-state index is 10.5. The fraction of sp³-hybridized carbons (Fsp3) is 0. The van der Waals surface area contributed by atoms with E-state index in [-0.39, 0.29) is 4.90 Å². The van der Waals surface area contributed by atoms with Crippen LogP contribution in [0.1, 0.15) is 0 Å². The van der Waals surface area contributed by atoms with Gasteiger partial charge in [0.2, 0.25) is 0 Å². The Bertz CT molecular complexity index is 313. The second kappa shape index (κ2) is 2.10. The van der Waals surface area contributed by atoms with Crippen molar-refractivity contribution in [3.05, 3.63) is 26.8 Å². The molecule has 0 amide bonds. The fourth-order valence-electron chi connectivity index (χ4n) is 0.409. The van der Waals surface area contributed by atoms with Gasteiger partial charge in [0.15, 0.2) is 0 Å². The van der Waals surface area contributed by atoms with Crippen LogP contribution in [-0.4, -0.2) is 10.2 Å². The molecule has 1 rings (SSSR count). The smallest absolute Gasteiger partial charge is 0.304 e. The number of hydrogen-bond acceptors (Lipinski definition) is 3. The predicted molar refractivity (Wildman–Crippen MR) is 34.9 cm³/mol. The summed E-state index contributed by atoms with van der Waals surface area (Å²) >= 11 is 3.70. The molecule has 1 aromatic heterocycles. The summed E-state index contributed by atoms with van der Waals surface area (Å²) in [5, 5.41) is 4.45. The molecule has 1 aromatic rings. The lowest BCUT2D eigenvalue weighted by Crippen LogP contribution is -2.27. The average Bonchev–Trinajstić information content (AvgIpc) is 1.83. The van der Waals surface area contributed by atoms with Crippen molar-refractivity contribution in [3.63, 3.8) is 0 Å². The molecule has 0 spiro atoms. The Hall–Kier alpha value is -0.970. The molecule has 2 N–H and O–H groups in total. The Morgan fingerprint density at radius 3 is 2.56 bits per heavy atom. The second-order valence-electron chi connectivity index (χ2n) is 1.46. The van der Waals surface area contributed by atoms with Crippen molar-refractivity contribution in [1.82, 2.24) is 10.2 Å². The van der Waals surface area contributed by atoms with E-state index in [9.17, 15) is 9.59 Å². The van der Waals surface area contributed by atoms with Crippen LogP contribution in [-0.2, 0) is 0 Å². The van der Waals surface area contributed by atoms with Crippen molar-refractivity contribution in [1.29, 1.82) is 0 Å². The highest BCUT2D eigenvalue weighted by Crippen LogP contribution is 1.86. The van der Waals surface area contributed by atoms with E-state index in [1.54, 1.807) is 0 Å². The molecule has 0 aromatic carbocycles. The van der Waals surface area contributed by atoms with E-state index in [1.807, 2.05) is 0 Å². The first-order chi connectivity index (χ1) is 4.22. The molecule has 0 saturated carbocycles. The first kappa shape index (κ1) is 6.15. The molecule has 9 heavy (non-hydrogen) atoms. The van der Waals surface area contributed by atoms with Crippen molar-refractivity contribution < 1.29 is 0 Å². The van der Waals surface area contributed by atoms with Crippen LogP contribution in [0.5, 0.6) is 0 Å². The molecule has 4 nitrogen and oxygen atoms in total. The van der Waals surface area contributed by atoms with E-state index < -0.39 is 11.0 Å². The molecule has 5 heteroatoms. The van der Waals surface area contributed by atoms with E-state index in [4.69, 9.17) is 0 Å². The maximum absolute atomic E-state index is 10.5. The van der Waals surface area contributed by atoms with Gasteiger partial charge >= 0.3 is 5.56 Å². The number of nitrogens with one attached hydrogen (secondary N) is 2. The zero-order chi connectivity index (χ0) is 6.85. The van der Waals surface area contributed by atoms with Crippen LogP contribution < -0.4 is 11.0 Å². The summed E-state index contributed by atoms with van der Waals surface area (Å²) in [5.74, 6) is 0. The molecule has 0 aliphatic carbocycles. The third-order valence-electron chi connectivity index (χ3n) is 0.833. The second-order valence-corrected chi connectivity index (χ2v) is 1.94. The van der Waals surface area contributed by atoms with Crippen LogP contribution in [0.3, 0.4) is 0 Å². The van der Waals surface area contributed by atoms with Gasteiger partial charge in [-0.3, -0.25) is 14.7 Å². The summed E-state index contributed by atoms with van der Waals surface area (Å²) < 4.78 is 0. The number of aromatic nitrogens is 2. The topological polar surface area (TPSA) is 65.7 Å². The first-order valence-electron chi connectivity index (χ1n) is 2.21. The zero-order valence-corrected chi connectivity index (χ0v) is 5.24. The summed E-state index contributed by atoms with van der Waals surface area (Å²) in [6.45, 7) is 0. The van der Waals surface area contributed by atoms with Crippen LogP contribution in [0.25, 0.3) is 0 Å². The molecule has 0 radical (unpaired) electrons. The van der Waals surface area contributed by atoms with Crippen LogP contribution in [0.4, 0.5) is 0 Å². The third-order valence-corrected chi connectivity index (χ3v) is 1.17. The van der Waals surface area contributed by atoms with E-state index in [2.05, 4.69) is 22.8 Å². The summed E-state index contributed by atoms with van der Waals surface area (Å²) in [6, 6.07) is 0. The highest BCUT2D eigenvalue weighted by atomic mass is 32.1. The lowest BCUT2D eigenvalue weighted by Gasteiger charge is -1.83. The lowest BCUT2D eigenvalue weighted by atomic mass is 10.6. The summed E-state index contributed by atoms with van der Waals surface area (Å²) in [5.41, 5.74) is -1.29. The fourth-order valence-corrected chi connectivity index (χ4v) is 0.575. The molecule has 0 fully saturated rings. The minimum atomic E-state index is -0.678. The third kappa shape index (κ3) is 1.05. The molecular formula is C4H4N2O2S. The minimum absolute atomic E-state index is 0.124. The summed E-state index contributed by atoms with van der Waals surface area (Å²) in [7, 11) is 0. The van der Waals surface area contributed by atoms with Crippen LogP contribution >= 0.6 is 12.6 Å². The van der Waals surface area contributed by atoms with E-state index in [0.717, 1.165) is 0 Å². The lowest BCUT2D eigenvalue weighted by molar-refractivity contribution is 0.935. The van der Waals surface area contributed by atoms with Crippen molar-refractivity contribution in [2.75, 3.05) is 0 Å². The molecule has 0 saturated heterocycles. The largest absolute Gasteiger partial charge is 0.311 e. The van der Waals surface area contributed by atoms with Gasteiger partial charge in [-0.05, 0) is 0 Å². The van der Waals surface area contributed by atoms with Gasteiger partial charge in [0.25, 0.3) is 5.43 Å². The Labute approximate surface area is 55.3 Å². The molecule has 0 unspecified atom stereocenters. The van der Waals surface area contributed by atoms with E-state index in [0.29, 0.717) is 0 Å². The summed E-state index contributed by atoms with van der Waals surface area (Å²) in [4.78, 5) is 21.0. The Balaban J connectivity index is 3.63. The quantitative estimate of drug-likeness (QED) is 0.334. The number of rotatable bonds is 0. The molecular weight excluding hydrogens is 140 g/mol. The molecule has 0 aliphatic heterocycles. The van der Waals surface area contributed by atoms with Crippen molar-refractivity contribution in [3.8, 4) is 0 Å². The molecule has 0 aliphatic rings.